The molecule has 2 heterocycles. The van der Waals surface area contributed by atoms with Crippen LogP contribution in [0.2, 0.25) is 0 Å². The Hall–Kier alpha value is -2.25. The van der Waals surface area contributed by atoms with E-state index >= 15 is 0 Å². The lowest BCUT2D eigenvalue weighted by atomic mass is 9.98. The summed E-state index contributed by atoms with van der Waals surface area (Å²) in [4.78, 5) is 16.3. The number of rotatable bonds is 4. The average molecular weight is 274 g/mol. The minimum Gasteiger partial charge on any atom is -0.368 e. The van der Waals surface area contributed by atoms with E-state index in [4.69, 9.17) is 5.73 Å². The van der Waals surface area contributed by atoms with Crippen LogP contribution in [0.4, 0.5) is 11.9 Å². The molecule has 0 spiro atoms. The van der Waals surface area contributed by atoms with Crippen LogP contribution < -0.4 is 11.1 Å². The van der Waals surface area contributed by atoms with Crippen LogP contribution in [0.15, 0.2) is 12.7 Å². The van der Waals surface area contributed by atoms with Gasteiger partial charge in [-0.3, -0.25) is 0 Å². The summed E-state index contributed by atoms with van der Waals surface area (Å²) in [6.45, 7) is 3.16. The van der Waals surface area contributed by atoms with E-state index in [1.54, 1.807) is 0 Å². The van der Waals surface area contributed by atoms with E-state index in [-0.39, 0.29) is 5.95 Å². The Labute approximate surface area is 116 Å². The van der Waals surface area contributed by atoms with Crippen LogP contribution in [0.25, 0.3) is 5.95 Å². The zero-order valence-corrected chi connectivity index (χ0v) is 11.4. The number of hydrogen-bond acceptors (Lipinski definition) is 7. The first-order valence-corrected chi connectivity index (χ1v) is 6.83. The lowest BCUT2D eigenvalue weighted by Crippen LogP contribution is -2.19. The van der Waals surface area contributed by atoms with Gasteiger partial charge in [0.25, 0.3) is 5.95 Å². The average Bonchev–Trinajstić information content (AvgIpc) is 3.07. The molecule has 1 aliphatic carbocycles. The highest BCUT2D eigenvalue weighted by Gasteiger charge is 2.23. The van der Waals surface area contributed by atoms with Gasteiger partial charge in [-0.15, -0.1) is 0 Å². The van der Waals surface area contributed by atoms with Crippen LogP contribution in [0.5, 0.6) is 0 Å². The van der Waals surface area contributed by atoms with Gasteiger partial charge < -0.3 is 11.1 Å². The van der Waals surface area contributed by atoms with E-state index in [0.29, 0.717) is 17.8 Å². The van der Waals surface area contributed by atoms with E-state index < -0.39 is 0 Å². The Morgan fingerprint density at radius 3 is 2.95 bits per heavy atom. The van der Waals surface area contributed by atoms with Gasteiger partial charge in [-0.25, -0.2) is 4.98 Å². The van der Waals surface area contributed by atoms with Crippen molar-refractivity contribution in [2.75, 3.05) is 17.6 Å². The van der Waals surface area contributed by atoms with E-state index in [1.165, 1.54) is 36.6 Å². The molecule has 8 heteroatoms. The second kappa shape index (κ2) is 5.40. The van der Waals surface area contributed by atoms with Gasteiger partial charge in [0.05, 0.1) is 0 Å². The highest BCUT2D eigenvalue weighted by atomic mass is 15.4. The van der Waals surface area contributed by atoms with E-state index in [0.717, 1.165) is 12.5 Å². The summed E-state index contributed by atoms with van der Waals surface area (Å²) in [5.74, 6) is 2.45. The topological polar surface area (TPSA) is 107 Å². The first-order valence-electron chi connectivity index (χ1n) is 6.83. The second-order valence-corrected chi connectivity index (χ2v) is 5.21. The number of hydrogen-bond donors (Lipinski definition) is 2. The molecule has 1 fully saturated rings. The van der Waals surface area contributed by atoms with Crippen LogP contribution in [0, 0.1) is 11.8 Å². The molecule has 1 saturated carbocycles. The monoisotopic (exact) mass is 274 g/mol. The minimum absolute atomic E-state index is 0.174. The van der Waals surface area contributed by atoms with Crippen LogP contribution in [0.3, 0.4) is 0 Å². The molecule has 2 aromatic heterocycles. The van der Waals surface area contributed by atoms with Crippen molar-refractivity contribution in [2.45, 2.75) is 26.2 Å². The summed E-state index contributed by atoms with van der Waals surface area (Å²) < 4.78 is 1.46. The fourth-order valence-electron chi connectivity index (χ4n) is 2.62. The third-order valence-electron chi connectivity index (χ3n) is 3.83. The molecule has 2 atom stereocenters. The largest absolute Gasteiger partial charge is 0.368 e. The molecule has 8 nitrogen and oxygen atoms in total. The van der Waals surface area contributed by atoms with Crippen molar-refractivity contribution in [3.8, 4) is 5.95 Å². The van der Waals surface area contributed by atoms with Crippen molar-refractivity contribution in [2.24, 2.45) is 11.8 Å². The maximum Gasteiger partial charge on any atom is 0.258 e. The van der Waals surface area contributed by atoms with Gasteiger partial charge in [0.1, 0.15) is 12.7 Å². The predicted molar refractivity (Wildman–Crippen MR) is 74.2 cm³/mol. The molecule has 0 bridgehead atoms. The van der Waals surface area contributed by atoms with Gasteiger partial charge in [0, 0.05) is 6.54 Å². The molecule has 1 aliphatic rings. The van der Waals surface area contributed by atoms with Crippen molar-refractivity contribution >= 4 is 11.9 Å². The third-order valence-corrected chi connectivity index (χ3v) is 3.83. The lowest BCUT2D eigenvalue weighted by molar-refractivity contribution is 0.439. The zero-order chi connectivity index (χ0) is 13.9. The standard InChI is InChI=1S/C12H18N8/c1-8-3-2-4-9(8)5-15-11-17-10(13)18-12(19-11)20-7-14-6-16-20/h6-9H,2-5H2,1H3,(H3,13,15,17,18,19). The first kappa shape index (κ1) is 12.8. The fraction of sp³-hybridized carbons (Fsp3) is 0.583. The molecule has 3 rings (SSSR count). The molecule has 20 heavy (non-hydrogen) atoms. The fourth-order valence-corrected chi connectivity index (χ4v) is 2.62. The van der Waals surface area contributed by atoms with Gasteiger partial charge in [-0.05, 0) is 18.3 Å². The smallest absolute Gasteiger partial charge is 0.258 e. The Kier molecular flexibility index (Phi) is 3.44. The van der Waals surface area contributed by atoms with Crippen molar-refractivity contribution < 1.29 is 0 Å². The normalized spacial score (nSPS) is 22.1. The van der Waals surface area contributed by atoms with Crippen LogP contribution >= 0.6 is 0 Å². The maximum absolute atomic E-state index is 5.71. The number of nitrogens with one attached hydrogen (secondary N) is 1. The van der Waals surface area contributed by atoms with Crippen LogP contribution in [-0.2, 0) is 0 Å². The molecule has 2 aromatic rings. The molecular weight excluding hydrogens is 256 g/mol. The Balaban J connectivity index is 1.73. The lowest BCUT2D eigenvalue weighted by Gasteiger charge is -2.16. The SMILES string of the molecule is CC1CCCC1CNc1nc(N)nc(-n2cncn2)n1. The highest BCUT2D eigenvalue weighted by molar-refractivity contribution is 5.34. The third kappa shape index (κ3) is 2.68. The molecule has 106 valence electrons. The van der Waals surface area contributed by atoms with E-state index in [9.17, 15) is 0 Å². The quantitative estimate of drug-likeness (QED) is 0.852. The number of nitrogens with zero attached hydrogens (tertiary/aromatic N) is 6. The van der Waals surface area contributed by atoms with Crippen molar-refractivity contribution in [1.29, 1.82) is 0 Å². The van der Waals surface area contributed by atoms with Gasteiger partial charge >= 0.3 is 0 Å². The molecule has 0 saturated heterocycles. The summed E-state index contributed by atoms with van der Waals surface area (Å²) in [6, 6.07) is 0. The molecule has 2 unspecified atom stereocenters. The minimum atomic E-state index is 0.174. The summed E-state index contributed by atoms with van der Waals surface area (Å²) in [5.41, 5.74) is 5.71. The Bertz CT molecular complexity index is 567. The zero-order valence-electron chi connectivity index (χ0n) is 11.4. The van der Waals surface area contributed by atoms with E-state index in [2.05, 4.69) is 37.3 Å². The number of anilines is 2. The van der Waals surface area contributed by atoms with Gasteiger partial charge in [0.15, 0.2) is 0 Å². The Morgan fingerprint density at radius 1 is 1.35 bits per heavy atom. The van der Waals surface area contributed by atoms with Crippen molar-refractivity contribution in [1.82, 2.24) is 29.7 Å². The second-order valence-electron chi connectivity index (χ2n) is 5.21. The van der Waals surface area contributed by atoms with Gasteiger partial charge in [-0.1, -0.05) is 19.8 Å². The Morgan fingerprint density at radius 2 is 2.25 bits per heavy atom. The highest BCUT2D eigenvalue weighted by Crippen LogP contribution is 2.30. The number of nitrogens with two attached hydrogens (primary N) is 1. The summed E-state index contributed by atoms with van der Waals surface area (Å²) in [5, 5.41) is 7.24. The molecule has 0 amide bonds. The molecule has 0 radical (unpaired) electrons. The number of nitrogen functional groups attached to an aromatic ring is 1. The molecular formula is C12H18N8. The summed E-state index contributed by atoms with van der Waals surface area (Å²) in [7, 11) is 0. The van der Waals surface area contributed by atoms with Crippen LogP contribution in [0.1, 0.15) is 26.2 Å². The predicted octanol–water partition coefficient (Wildman–Crippen LogP) is 0.883. The van der Waals surface area contributed by atoms with Gasteiger partial charge in [-0.2, -0.15) is 24.7 Å². The number of aromatic nitrogens is 6. The molecule has 3 N–H and O–H groups in total. The maximum atomic E-state index is 5.71. The summed E-state index contributed by atoms with van der Waals surface area (Å²) >= 11 is 0. The van der Waals surface area contributed by atoms with Crippen LogP contribution in [-0.4, -0.2) is 36.3 Å². The molecule has 0 aromatic carbocycles. The summed E-state index contributed by atoms with van der Waals surface area (Å²) in [6.07, 6.45) is 6.81. The van der Waals surface area contributed by atoms with E-state index in [1.807, 2.05) is 0 Å². The molecule has 0 aliphatic heterocycles. The van der Waals surface area contributed by atoms with Crippen molar-refractivity contribution in [3.05, 3.63) is 12.7 Å². The first-order chi connectivity index (χ1) is 9.72. The van der Waals surface area contributed by atoms with Gasteiger partial charge in [0.2, 0.25) is 11.9 Å². The van der Waals surface area contributed by atoms with Crippen molar-refractivity contribution in [3.63, 3.8) is 0 Å².